The van der Waals surface area contributed by atoms with E-state index in [1.165, 1.54) is 24.5 Å². The van der Waals surface area contributed by atoms with Gasteiger partial charge >= 0.3 is 0 Å². The van der Waals surface area contributed by atoms with Crippen LogP contribution in [0.5, 0.6) is 0 Å². The predicted molar refractivity (Wildman–Crippen MR) is 136 cm³/mol. The Morgan fingerprint density at radius 1 is 0.914 bits per heavy atom. The molecule has 4 nitrogen and oxygen atoms in total. The Bertz CT molecular complexity index is 1360. The highest BCUT2D eigenvalue weighted by Gasteiger charge is 2.41. The van der Waals surface area contributed by atoms with Crippen molar-refractivity contribution >= 4 is 16.7 Å². The van der Waals surface area contributed by atoms with Crippen molar-refractivity contribution in [3.63, 3.8) is 0 Å². The van der Waals surface area contributed by atoms with Gasteiger partial charge in [-0.3, -0.25) is 14.7 Å². The van der Waals surface area contributed by atoms with E-state index in [4.69, 9.17) is 0 Å². The highest BCUT2D eigenvalue weighted by atomic mass is 19.1. The molecule has 5 heteroatoms. The molecule has 176 valence electrons. The van der Waals surface area contributed by atoms with Gasteiger partial charge in [-0.05, 0) is 89.5 Å². The molecule has 35 heavy (non-hydrogen) atoms. The smallest absolute Gasteiger partial charge is 0.252 e. The summed E-state index contributed by atoms with van der Waals surface area (Å²) in [6.07, 6.45) is 7.79. The number of aromatic nitrogens is 1. The molecule has 1 amide bonds. The van der Waals surface area contributed by atoms with E-state index >= 15 is 0 Å². The van der Waals surface area contributed by atoms with Gasteiger partial charge in [0, 0.05) is 42.6 Å². The van der Waals surface area contributed by atoms with Gasteiger partial charge in [0.05, 0.1) is 0 Å². The number of rotatable bonds is 5. The second kappa shape index (κ2) is 9.23. The van der Waals surface area contributed by atoms with E-state index in [1.54, 1.807) is 18.5 Å². The molecular formula is C30H28FN3O. The van der Waals surface area contributed by atoms with Crippen LogP contribution in [0.1, 0.15) is 41.6 Å². The van der Waals surface area contributed by atoms with Crippen LogP contribution in [-0.4, -0.2) is 33.9 Å². The minimum atomic E-state index is -0.198. The topological polar surface area (TPSA) is 45.2 Å². The van der Waals surface area contributed by atoms with E-state index in [0.29, 0.717) is 17.6 Å². The zero-order valence-corrected chi connectivity index (χ0v) is 19.5. The van der Waals surface area contributed by atoms with E-state index in [2.05, 4.69) is 27.3 Å². The highest BCUT2D eigenvalue weighted by Crippen LogP contribution is 2.37. The summed E-state index contributed by atoms with van der Waals surface area (Å²) in [5.74, 6) is -0.201. The minimum absolute atomic E-state index is 0.00276. The quantitative estimate of drug-likeness (QED) is 0.395. The van der Waals surface area contributed by atoms with Crippen molar-refractivity contribution < 1.29 is 9.18 Å². The van der Waals surface area contributed by atoms with Crippen LogP contribution in [-0.2, 0) is 6.54 Å². The molecule has 2 aliphatic heterocycles. The fraction of sp³-hybridized carbons (Fsp3) is 0.267. The second-order valence-corrected chi connectivity index (χ2v) is 9.81. The first kappa shape index (κ1) is 21.9. The van der Waals surface area contributed by atoms with Crippen LogP contribution >= 0.6 is 0 Å². The van der Waals surface area contributed by atoms with Crippen molar-refractivity contribution in [3.8, 4) is 11.1 Å². The lowest BCUT2D eigenvalue weighted by Crippen LogP contribution is -2.50. The Morgan fingerprint density at radius 2 is 1.63 bits per heavy atom. The summed E-state index contributed by atoms with van der Waals surface area (Å²) in [5.41, 5.74) is 3.90. The number of amides is 1. The predicted octanol–water partition coefficient (Wildman–Crippen LogP) is 5.97. The van der Waals surface area contributed by atoms with Gasteiger partial charge in [-0.2, -0.15) is 0 Å². The SMILES string of the molecule is O=C(NC1C[C@H]2CC[C@@H](C1)N2Cc1ccc2cc(F)ccc2c1)c1ccccc1-c1ccncc1. The van der Waals surface area contributed by atoms with Gasteiger partial charge in [0.1, 0.15) is 5.82 Å². The molecule has 1 unspecified atom stereocenters. The first-order valence-corrected chi connectivity index (χ1v) is 12.4. The maximum Gasteiger partial charge on any atom is 0.252 e. The fourth-order valence-corrected chi connectivity index (χ4v) is 5.95. The maximum absolute atomic E-state index is 13.5. The Morgan fingerprint density at radius 3 is 2.43 bits per heavy atom. The average Bonchev–Trinajstić information content (AvgIpc) is 3.11. The molecule has 3 aromatic carbocycles. The van der Waals surface area contributed by atoms with Crippen LogP contribution in [0.4, 0.5) is 4.39 Å². The average molecular weight is 466 g/mol. The van der Waals surface area contributed by atoms with E-state index < -0.39 is 0 Å². The van der Waals surface area contributed by atoms with Gasteiger partial charge in [-0.15, -0.1) is 0 Å². The van der Waals surface area contributed by atoms with E-state index in [1.807, 2.05) is 48.5 Å². The lowest BCUT2D eigenvalue weighted by atomic mass is 9.95. The van der Waals surface area contributed by atoms with Crippen LogP contribution in [0.25, 0.3) is 21.9 Å². The van der Waals surface area contributed by atoms with E-state index in [-0.39, 0.29) is 17.8 Å². The second-order valence-electron chi connectivity index (χ2n) is 9.81. The summed E-state index contributed by atoms with van der Waals surface area (Å²) in [4.78, 5) is 20.0. The van der Waals surface area contributed by atoms with Crippen molar-refractivity contribution in [1.82, 2.24) is 15.2 Å². The van der Waals surface area contributed by atoms with Crippen LogP contribution in [0.15, 0.2) is 85.2 Å². The zero-order valence-electron chi connectivity index (χ0n) is 19.5. The van der Waals surface area contributed by atoms with Gasteiger partial charge in [-0.1, -0.05) is 36.4 Å². The molecule has 2 saturated heterocycles. The number of hydrogen-bond acceptors (Lipinski definition) is 3. The summed E-state index contributed by atoms with van der Waals surface area (Å²) in [7, 11) is 0. The van der Waals surface area contributed by atoms with Gasteiger partial charge < -0.3 is 5.32 Å². The molecule has 2 bridgehead atoms. The molecule has 3 heterocycles. The number of nitrogens with zero attached hydrogens (tertiary/aromatic N) is 2. The van der Waals surface area contributed by atoms with Crippen molar-refractivity contribution in [1.29, 1.82) is 0 Å². The molecule has 3 atom stereocenters. The number of halogens is 1. The van der Waals surface area contributed by atoms with Crippen LogP contribution in [0.3, 0.4) is 0 Å². The van der Waals surface area contributed by atoms with Gasteiger partial charge in [0.25, 0.3) is 5.91 Å². The van der Waals surface area contributed by atoms with Crippen LogP contribution < -0.4 is 5.32 Å². The molecule has 0 radical (unpaired) electrons. The monoisotopic (exact) mass is 465 g/mol. The van der Waals surface area contributed by atoms with Crippen molar-refractivity contribution in [2.24, 2.45) is 0 Å². The molecular weight excluding hydrogens is 437 g/mol. The van der Waals surface area contributed by atoms with E-state index in [0.717, 1.165) is 41.3 Å². The summed E-state index contributed by atoms with van der Waals surface area (Å²) in [6, 6.07) is 24.1. The summed E-state index contributed by atoms with van der Waals surface area (Å²) in [5, 5.41) is 5.35. The first-order valence-electron chi connectivity index (χ1n) is 12.4. The normalized spacial score (nSPS) is 21.8. The lowest BCUT2D eigenvalue weighted by Gasteiger charge is -2.39. The third-order valence-electron chi connectivity index (χ3n) is 7.61. The minimum Gasteiger partial charge on any atom is -0.349 e. The number of benzene rings is 3. The number of pyridine rings is 1. The third-order valence-corrected chi connectivity index (χ3v) is 7.61. The molecule has 2 aliphatic rings. The zero-order chi connectivity index (χ0) is 23.8. The van der Waals surface area contributed by atoms with Gasteiger partial charge in [0.2, 0.25) is 0 Å². The van der Waals surface area contributed by atoms with Crippen molar-refractivity contribution in [3.05, 3.63) is 102 Å². The van der Waals surface area contributed by atoms with Crippen molar-refractivity contribution in [2.75, 3.05) is 0 Å². The lowest BCUT2D eigenvalue weighted by molar-refractivity contribution is 0.0828. The summed E-state index contributed by atoms with van der Waals surface area (Å²) < 4.78 is 13.5. The van der Waals surface area contributed by atoms with Gasteiger partial charge in [-0.25, -0.2) is 4.39 Å². The van der Waals surface area contributed by atoms with Crippen LogP contribution in [0, 0.1) is 5.82 Å². The molecule has 0 spiro atoms. The Labute approximate surface area is 204 Å². The Kier molecular flexibility index (Phi) is 5.78. The summed E-state index contributed by atoms with van der Waals surface area (Å²) >= 11 is 0. The van der Waals surface area contributed by atoms with Crippen LogP contribution in [0.2, 0.25) is 0 Å². The highest BCUT2D eigenvalue weighted by molar-refractivity contribution is 6.01. The van der Waals surface area contributed by atoms with E-state index in [9.17, 15) is 9.18 Å². The Balaban J connectivity index is 1.14. The molecule has 2 fully saturated rings. The molecule has 1 N–H and O–H groups in total. The van der Waals surface area contributed by atoms with Gasteiger partial charge in [0.15, 0.2) is 0 Å². The third kappa shape index (κ3) is 4.44. The first-order chi connectivity index (χ1) is 17.1. The fourth-order valence-electron chi connectivity index (χ4n) is 5.95. The summed E-state index contributed by atoms with van der Waals surface area (Å²) in [6.45, 7) is 0.897. The number of carbonyl (C=O) groups excluding carboxylic acids is 1. The number of carbonyl (C=O) groups is 1. The number of hydrogen-bond donors (Lipinski definition) is 1. The number of piperidine rings is 1. The van der Waals surface area contributed by atoms with Crippen molar-refractivity contribution in [2.45, 2.75) is 50.4 Å². The molecule has 4 aromatic rings. The number of fused-ring (bicyclic) bond motifs is 3. The molecule has 6 rings (SSSR count). The Hall–Kier alpha value is -3.57. The molecule has 0 aliphatic carbocycles. The molecule has 1 aromatic heterocycles. The standard InChI is InChI=1S/C30H28FN3O/c31-24-8-7-22-15-20(5-6-23(22)16-24)19-34-26-9-10-27(34)18-25(17-26)33-30(35)29-4-2-1-3-28(29)21-11-13-32-14-12-21/h1-8,11-16,25-27H,9-10,17-19H2,(H,33,35)/t25?,26-,27+. The molecule has 0 saturated carbocycles. The number of nitrogens with one attached hydrogen (secondary N) is 1. The maximum atomic E-state index is 13.5. The largest absolute Gasteiger partial charge is 0.349 e.